The molecule has 3 heterocycles. The number of piperazine rings is 1. The lowest BCUT2D eigenvalue weighted by atomic mass is 10.2. The Morgan fingerprint density at radius 2 is 1.80 bits per heavy atom. The van der Waals surface area contributed by atoms with Crippen molar-refractivity contribution in [3.8, 4) is 11.5 Å². The van der Waals surface area contributed by atoms with Gasteiger partial charge in [0.1, 0.15) is 20.8 Å². The molecule has 0 radical (unpaired) electrons. The largest absolute Gasteiger partial charge is 0.494 e. The summed E-state index contributed by atoms with van der Waals surface area (Å²) in [5.74, 6) is 0.762. The van der Waals surface area contributed by atoms with Crippen molar-refractivity contribution in [3.05, 3.63) is 56.1 Å². The van der Waals surface area contributed by atoms with E-state index in [1.54, 1.807) is 5.38 Å². The molecule has 2 aromatic carbocycles. The van der Waals surface area contributed by atoms with Crippen LogP contribution in [0.15, 0.2) is 40.4 Å². The van der Waals surface area contributed by atoms with E-state index in [0.717, 1.165) is 48.8 Å². The Morgan fingerprint density at radius 3 is 2.45 bits per heavy atom. The van der Waals surface area contributed by atoms with Gasteiger partial charge in [0.2, 0.25) is 0 Å². The molecular weight excluding hydrogens is 639 g/mol. The first kappa shape index (κ1) is 28.7. The Kier molecular flexibility index (Phi) is 8.86. The van der Waals surface area contributed by atoms with Crippen LogP contribution in [-0.2, 0) is 0 Å². The van der Waals surface area contributed by atoms with Crippen molar-refractivity contribution < 1.29 is 14.3 Å². The van der Waals surface area contributed by atoms with Gasteiger partial charge in [0.25, 0.3) is 5.91 Å². The van der Waals surface area contributed by atoms with Crippen LogP contribution in [0.1, 0.15) is 17.3 Å². The van der Waals surface area contributed by atoms with Crippen molar-refractivity contribution >= 4 is 89.5 Å². The number of likely N-dealkylation sites (N-methyl/N-ethyl adjacent to an activating group) is 1. The fourth-order valence-corrected chi connectivity index (χ4v) is 7.18. The average molecular weight is 666 g/mol. The number of nitrogens with one attached hydrogen (secondary N) is 2. The first-order valence-corrected chi connectivity index (χ1v) is 14.9. The van der Waals surface area contributed by atoms with Gasteiger partial charge in [-0.1, -0.05) is 36.2 Å². The second-order valence-electron chi connectivity index (χ2n) is 8.98. The number of aromatic nitrogens is 2. The Hall–Kier alpha value is -2.83. The lowest BCUT2D eigenvalue weighted by Gasteiger charge is -2.35. The number of carbonyl (C=O) groups excluding carboxylic acids is 1. The fourth-order valence-electron chi connectivity index (χ4n) is 4.61. The lowest BCUT2D eigenvalue weighted by Crippen LogP contribution is -2.46. The Balaban J connectivity index is 1.40. The number of rotatable bonds is 8. The molecule has 40 heavy (non-hydrogen) atoms. The molecule has 0 aliphatic carbocycles. The number of carbonyl (C=O) groups is 1. The molecule has 0 spiro atoms. The van der Waals surface area contributed by atoms with Crippen molar-refractivity contribution in [2.75, 3.05) is 62.5 Å². The Bertz CT molecular complexity index is 1530. The molecule has 210 valence electrons. The molecule has 4 aromatic rings. The topological polar surface area (TPSA) is 91.9 Å². The van der Waals surface area contributed by atoms with Crippen molar-refractivity contribution in [1.29, 1.82) is 0 Å². The van der Waals surface area contributed by atoms with Crippen LogP contribution in [0.2, 0.25) is 10.0 Å². The zero-order valence-corrected chi connectivity index (χ0v) is 26.0. The van der Waals surface area contributed by atoms with Crippen LogP contribution in [-0.4, -0.2) is 67.7 Å². The first-order chi connectivity index (χ1) is 19.4. The Morgan fingerprint density at radius 1 is 1.10 bits per heavy atom. The third-order valence-electron chi connectivity index (χ3n) is 6.77. The predicted octanol–water partition coefficient (Wildman–Crippen LogP) is 6.92. The van der Waals surface area contributed by atoms with Gasteiger partial charge in [0, 0.05) is 42.9 Å². The van der Waals surface area contributed by atoms with Gasteiger partial charge >= 0.3 is 0 Å². The maximum atomic E-state index is 13.4. The third-order valence-corrected chi connectivity index (χ3v) is 9.19. The molecule has 0 saturated carbocycles. The summed E-state index contributed by atoms with van der Waals surface area (Å²) in [7, 11) is 2.93. The minimum absolute atomic E-state index is 0.140. The fraction of sp³-hybridized carbons (Fsp3) is 0.296. The minimum Gasteiger partial charge on any atom is -0.494 e. The number of hydrogen-bond acceptors (Lipinski definition) is 9. The first-order valence-electron chi connectivity index (χ1n) is 12.5. The number of anilines is 4. The van der Waals surface area contributed by atoms with Crippen molar-refractivity contribution in [3.63, 3.8) is 0 Å². The summed E-state index contributed by atoms with van der Waals surface area (Å²) >= 11 is 17.8. The minimum atomic E-state index is -0.431. The molecule has 1 aliphatic rings. The van der Waals surface area contributed by atoms with E-state index in [1.165, 1.54) is 31.9 Å². The zero-order valence-electron chi connectivity index (χ0n) is 22.1. The van der Waals surface area contributed by atoms with E-state index in [1.807, 2.05) is 12.1 Å². The molecule has 0 atom stereocenters. The van der Waals surface area contributed by atoms with E-state index < -0.39 is 5.91 Å². The number of amides is 1. The highest BCUT2D eigenvalue weighted by Gasteiger charge is 2.26. The summed E-state index contributed by atoms with van der Waals surface area (Å²) in [6.07, 6.45) is 1.44. The van der Waals surface area contributed by atoms with Gasteiger partial charge in [-0.05, 0) is 40.7 Å². The molecule has 1 amide bonds. The summed E-state index contributed by atoms with van der Waals surface area (Å²) in [6, 6.07) is 8.27. The quantitative estimate of drug-likeness (QED) is 0.210. The summed E-state index contributed by atoms with van der Waals surface area (Å²) < 4.78 is 12.0. The van der Waals surface area contributed by atoms with Gasteiger partial charge in [-0.3, -0.25) is 4.79 Å². The van der Waals surface area contributed by atoms with E-state index in [-0.39, 0.29) is 27.2 Å². The number of ether oxygens (including phenoxy) is 2. The molecule has 1 aliphatic heterocycles. The van der Waals surface area contributed by atoms with Gasteiger partial charge in [0.05, 0.1) is 35.7 Å². The molecule has 5 rings (SSSR count). The van der Waals surface area contributed by atoms with Gasteiger partial charge in [-0.25, -0.2) is 9.97 Å². The van der Waals surface area contributed by atoms with E-state index in [4.69, 9.17) is 32.7 Å². The molecule has 1 fully saturated rings. The normalized spacial score (nSPS) is 13.9. The highest BCUT2D eigenvalue weighted by atomic mass is 79.9. The van der Waals surface area contributed by atoms with Crippen LogP contribution in [0.5, 0.6) is 11.5 Å². The second kappa shape index (κ2) is 12.4. The molecule has 13 heteroatoms. The summed E-state index contributed by atoms with van der Waals surface area (Å²) in [5, 5.41) is 8.23. The summed E-state index contributed by atoms with van der Waals surface area (Å²) in [4.78, 5) is 27.1. The number of benzene rings is 2. The molecule has 0 unspecified atom stereocenters. The van der Waals surface area contributed by atoms with E-state index in [0.29, 0.717) is 21.4 Å². The summed E-state index contributed by atoms with van der Waals surface area (Å²) in [6.45, 7) is 7.35. The average Bonchev–Trinajstić information content (AvgIpc) is 3.41. The molecule has 1 saturated heterocycles. The number of hydrogen-bond donors (Lipinski definition) is 2. The van der Waals surface area contributed by atoms with Crippen LogP contribution in [0, 0.1) is 0 Å². The van der Waals surface area contributed by atoms with Crippen LogP contribution in [0.4, 0.5) is 22.9 Å². The van der Waals surface area contributed by atoms with E-state index >= 15 is 0 Å². The molecule has 9 nitrogen and oxygen atoms in total. The molecular formula is C27H27BrCl2N6O3S. The van der Waals surface area contributed by atoms with Gasteiger partial charge in [-0.15, -0.1) is 11.3 Å². The number of fused-ring (bicyclic) bond motifs is 1. The van der Waals surface area contributed by atoms with Crippen molar-refractivity contribution in [2.24, 2.45) is 0 Å². The highest BCUT2D eigenvalue weighted by molar-refractivity contribution is 9.10. The van der Waals surface area contributed by atoms with Crippen molar-refractivity contribution in [1.82, 2.24) is 14.9 Å². The second-order valence-corrected chi connectivity index (χ2v) is 11.4. The number of nitrogens with zero attached hydrogens (tertiary/aromatic N) is 4. The monoisotopic (exact) mass is 664 g/mol. The summed E-state index contributed by atoms with van der Waals surface area (Å²) in [5.41, 5.74) is 3.11. The third kappa shape index (κ3) is 5.53. The van der Waals surface area contributed by atoms with Crippen LogP contribution >= 0.6 is 50.5 Å². The molecule has 0 bridgehead atoms. The predicted molar refractivity (Wildman–Crippen MR) is 167 cm³/mol. The lowest BCUT2D eigenvalue weighted by molar-refractivity contribution is 0.102. The maximum Gasteiger partial charge on any atom is 0.258 e. The van der Waals surface area contributed by atoms with Gasteiger partial charge < -0.3 is 29.9 Å². The smallest absolute Gasteiger partial charge is 0.258 e. The highest BCUT2D eigenvalue weighted by Crippen LogP contribution is 2.50. The zero-order chi connectivity index (χ0) is 28.4. The molecule has 2 aromatic heterocycles. The van der Waals surface area contributed by atoms with Crippen molar-refractivity contribution in [2.45, 2.75) is 6.92 Å². The van der Waals surface area contributed by atoms with Crippen LogP contribution in [0.25, 0.3) is 10.2 Å². The standard InChI is InChI=1S/C27H27BrCl2N6O3S/c1-4-35-8-10-36(11-9-35)16-7-5-6-15(12-16)33-26-25-21(31-14-32-26)17(13-40-25)27(37)34-22-19(29)23(38-2)18(28)24(39-3)20(22)30/h5-7,12-14H,4,8-11H2,1-3H3,(H,34,37)(H,31,32,33). The van der Waals surface area contributed by atoms with E-state index in [9.17, 15) is 4.79 Å². The van der Waals surface area contributed by atoms with Crippen LogP contribution in [0.3, 0.4) is 0 Å². The van der Waals surface area contributed by atoms with Gasteiger partial charge in [-0.2, -0.15) is 0 Å². The SMILES string of the molecule is CCN1CCN(c2cccc(Nc3ncnc4c(C(=O)Nc5c(Cl)c(OC)c(Br)c(OC)c5Cl)csc34)c2)CC1. The number of methoxy groups -OCH3 is 2. The number of thiophene rings is 1. The van der Waals surface area contributed by atoms with Crippen LogP contribution < -0.4 is 25.0 Å². The van der Waals surface area contributed by atoms with Gasteiger partial charge in [0.15, 0.2) is 17.3 Å². The number of halogens is 3. The van der Waals surface area contributed by atoms with E-state index in [2.05, 4.69) is 65.4 Å². The maximum absolute atomic E-state index is 13.4. The Labute approximate surface area is 254 Å². The molecule has 2 N–H and O–H groups in total.